The van der Waals surface area contributed by atoms with Crippen molar-refractivity contribution >= 4 is 5.97 Å². The van der Waals surface area contributed by atoms with Gasteiger partial charge < -0.3 is 4.74 Å². The first kappa shape index (κ1) is 19.8. The minimum Gasteiger partial charge on any atom is -0.462 e. The molecule has 0 aromatic heterocycles. The van der Waals surface area contributed by atoms with Crippen LogP contribution in [0.3, 0.4) is 0 Å². The van der Waals surface area contributed by atoms with Crippen molar-refractivity contribution in [2.75, 3.05) is 0 Å². The molecule has 3 aromatic carbocycles. The molecule has 3 heteroatoms. The lowest BCUT2D eigenvalue weighted by molar-refractivity contribution is -0.146. The molecule has 0 aliphatic heterocycles. The van der Waals surface area contributed by atoms with Crippen LogP contribution in [0.1, 0.15) is 37.3 Å². The van der Waals surface area contributed by atoms with Gasteiger partial charge in [0.15, 0.2) is 0 Å². The molecule has 0 saturated carbocycles. The minimum absolute atomic E-state index is 0.0802. The highest BCUT2D eigenvalue weighted by Gasteiger charge is 2.23. The van der Waals surface area contributed by atoms with Crippen LogP contribution in [-0.2, 0) is 16.0 Å². The highest BCUT2D eigenvalue weighted by Crippen LogP contribution is 2.31. The molecule has 144 valence electrons. The van der Waals surface area contributed by atoms with Gasteiger partial charge in [-0.2, -0.15) is 0 Å². The van der Waals surface area contributed by atoms with Crippen molar-refractivity contribution in [3.63, 3.8) is 0 Å². The highest BCUT2D eigenvalue weighted by molar-refractivity contribution is 5.66. The van der Waals surface area contributed by atoms with E-state index in [1.807, 2.05) is 67.6 Å². The Labute approximate surface area is 166 Å². The van der Waals surface area contributed by atoms with Gasteiger partial charge in [0.25, 0.3) is 0 Å². The van der Waals surface area contributed by atoms with Gasteiger partial charge in [-0.15, -0.1) is 0 Å². The highest BCUT2D eigenvalue weighted by atomic mass is 19.1. The number of carbonyl (C=O) groups is 1. The number of hydrogen-bond donors (Lipinski definition) is 0. The van der Waals surface area contributed by atoms with Gasteiger partial charge >= 0.3 is 5.97 Å². The fraction of sp³-hybridized carbons (Fsp3) is 0.240. The third-order valence-electron chi connectivity index (χ3n) is 5.01. The smallest absolute Gasteiger partial charge is 0.302 e. The van der Waals surface area contributed by atoms with Gasteiger partial charge in [-0.05, 0) is 42.5 Å². The molecule has 0 aliphatic rings. The van der Waals surface area contributed by atoms with Crippen molar-refractivity contribution in [1.29, 1.82) is 0 Å². The average Bonchev–Trinajstić information content (AvgIpc) is 2.69. The molecule has 0 aliphatic carbocycles. The molecule has 3 rings (SSSR count). The predicted octanol–water partition coefficient (Wildman–Crippen LogP) is 6.16. The lowest BCUT2D eigenvalue weighted by Crippen LogP contribution is -2.22. The normalized spacial score (nSPS) is 13.0. The van der Waals surface area contributed by atoms with E-state index < -0.39 is 0 Å². The number of halogens is 1. The van der Waals surface area contributed by atoms with Crippen LogP contribution in [0, 0.1) is 5.82 Å². The molecule has 0 spiro atoms. The Morgan fingerprint density at radius 1 is 0.964 bits per heavy atom. The van der Waals surface area contributed by atoms with Crippen molar-refractivity contribution in [3.8, 4) is 11.1 Å². The van der Waals surface area contributed by atoms with Gasteiger partial charge in [0.05, 0.1) is 0 Å². The third-order valence-corrected chi connectivity index (χ3v) is 5.01. The number of benzene rings is 3. The topological polar surface area (TPSA) is 26.3 Å². The molecular weight excluding hydrogens is 351 g/mol. The number of ether oxygens (including phenoxy) is 1. The van der Waals surface area contributed by atoms with E-state index >= 15 is 0 Å². The number of aryl methyl sites for hydroxylation is 1. The summed E-state index contributed by atoms with van der Waals surface area (Å²) in [4.78, 5) is 11.5. The fourth-order valence-corrected chi connectivity index (χ4v) is 3.60. The zero-order chi connectivity index (χ0) is 19.9. The summed E-state index contributed by atoms with van der Waals surface area (Å²) in [5, 5.41) is 0. The molecule has 3 aromatic rings. The van der Waals surface area contributed by atoms with Crippen LogP contribution >= 0.6 is 0 Å². The first-order valence-corrected chi connectivity index (χ1v) is 9.60. The van der Waals surface area contributed by atoms with E-state index in [1.54, 1.807) is 6.07 Å². The maximum absolute atomic E-state index is 14.9. The van der Waals surface area contributed by atoms with Crippen molar-refractivity contribution in [3.05, 3.63) is 95.8 Å². The summed E-state index contributed by atoms with van der Waals surface area (Å²) in [7, 11) is 0. The zero-order valence-electron chi connectivity index (χ0n) is 16.3. The minimum atomic E-state index is -0.330. The largest absolute Gasteiger partial charge is 0.462 e. The molecule has 0 fully saturated rings. The summed E-state index contributed by atoms with van der Waals surface area (Å²) in [5.74, 6) is -0.662. The van der Waals surface area contributed by atoms with E-state index in [0.29, 0.717) is 5.56 Å². The Hall–Kier alpha value is -2.94. The van der Waals surface area contributed by atoms with Crippen LogP contribution in [0.5, 0.6) is 0 Å². The van der Waals surface area contributed by atoms with Gasteiger partial charge in [0.1, 0.15) is 11.9 Å². The monoisotopic (exact) mass is 376 g/mol. The molecule has 0 amide bonds. The van der Waals surface area contributed by atoms with E-state index in [-0.39, 0.29) is 23.8 Å². The molecule has 0 unspecified atom stereocenters. The van der Waals surface area contributed by atoms with Gasteiger partial charge in [-0.3, -0.25) is 4.79 Å². The SMILES string of the molecule is CC(=O)O[C@H](C)[C@@H](CCc1ccccc1)c1ccc(-c2ccccc2)c(F)c1. The third kappa shape index (κ3) is 5.07. The number of carbonyl (C=O) groups excluding carboxylic acids is 1. The summed E-state index contributed by atoms with van der Waals surface area (Å²) in [6, 6.07) is 25.0. The van der Waals surface area contributed by atoms with Crippen LogP contribution in [0.2, 0.25) is 0 Å². The second kappa shape index (κ2) is 9.32. The van der Waals surface area contributed by atoms with Crippen molar-refractivity contribution in [2.24, 2.45) is 0 Å². The second-order valence-electron chi connectivity index (χ2n) is 7.05. The molecule has 0 radical (unpaired) electrons. The van der Waals surface area contributed by atoms with Crippen molar-refractivity contribution in [1.82, 2.24) is 0 Å². The van der Waals surface area contributed by atoms with Crippen LogP contribution in [0.15, 0.2) is 78.9 Å². The molecule has 0 N–H and O–H groups in total. The summed E-state index contributed by atoms with van der Waals surface area (Å²) < 4.78 is 20.3. The first-order valence-electron chi connectivity index (χ1n) is 9.60. The Kier molecular flexibility index (Phi) is 6.59. The van der Waals surface area contributed by atoms with E-state index in [9.17, 15) is 9.18 Å². The number of hydrogen-bond acceptors (Lipinski definition) is 2. The van der Waals surface area contributed by atoms with Gasteiger partial charge in [-0.1, -0.05) is 72.8 Å². The average molecular weight is 376 g/mol. The fourth-order valence-electron chi connectivity index (χ4n) is 3.60. The van der Waals surface area contributed by atoms with Crippen LogP contribution in [0.25, 0.3) is 11.1 Å². The lowest BCUT2D eigenvalue weighted by Gasteiger charge is -2.25. The molecule has 0 heterocycles. The molecule has 0 saturated heterocycles. The standard InChI is InChI=1S/C25H25FO2/c1-18(28-19(2)27)23(15-13-20-9-5-3-6-10-20)22-14-16-24(25(26)17-22)21-11-7-4-8-12-21/h3-12,14,16-18,23H,13,15H2,1-2H3/t18-,23-/m1/s1. The zero-order valence-corrected chi connectivity index (χ0v) is 16.3. The lowest BCUT2D eigenvalue weighted by atomic mass is 9.87. The predicted molar refractivity (Wildman–Crippen MR) is 111 cm³/mol. The van der Waals surface area contributed by atoms with Gasteiger partial charge in [-0.25, -0.2) is 4.39 Å². The quantitative estimate of drug-likeness (QED) is 0.462. The Morgan fingerprint density at radius 3 is 2.21 bits per heavy atom. The Bertz CT molecular complexity index is 906. The van der Waals surface area contributed by atoms with E-state index in [1.165, 1.54) is 12.5 Å². The summed E-state index contributed by atoms with van der Waals surface area (Å²) in [6.07, 6.45) is 1.27. The summed E-state index contributed by atoms with van der Waals surface area (Å²) in [5.41, 5.74) is 3.48. The molecule has 0 bridgehead atoms. The van der Waals surface area contributed by atoms with Crippen LogP contribution < -0.4 is 0 Å². The van der Waals surface area contributed by atoms with Crippen molar-refractivity contribution in [2.45, 2.75) is 38.7 Å². The van der Waals surface area contributed by atoms with Gasteiger partial charge in [0, 0.05) is 18.4 Å². The maximum atomic E-state index is 14.9. The van der Waals surface area contributed by atoms with Gasteiger partial charge in [0.2, 0.25) is 0 Å². The van der Waals surface area contributed by atoms with Crippen LogP contribution in [-0.4, -0.2) is 12.1 Å². The number of esters is 1. The molecular formula is C25H25FO2. The molecule has 2 atom stereocenters. The van der Waals surface area contributed by atoms with Crippen molar-refractivity contribution < 1.29 is 13.9 Å². The first-order chi connectivity index (χ1) is 13.5. The van der Waals surface area contributed by atoms with E-state index in [0.717, 1.165) is 24.0 Å². The summed E-state index contributed by atoms with van der Waals surface area (Å²) in [6.45, 7) is 3.28. The Balaban J connectivity index is 1.86. The molecule has 2 nitrogen and oxygen atoms in total. The second-order valence-corrected chi connectivity index (χ2v) is 7.05. The maximum Gasteiger partial charge on any atom is 0.302 e. The molecule has 28 heavy (non-hydrogen) atoms. The Morgan fingerprint density at radius 2 is 1.61 bits per heavy atom. The summed E-state index contributed by atoms with van der Waals surface area (Å²) >= 11 is 0. The van der Waals surface area contributed by atoms with Crippen LogP contribution in [0.4, 0.5) is 4.39 Å². The van der Waals surface area contributed by atoms with E-state index in [4.69, 9.17) is 4.74 Å². The number of rotatable bonds is 7. The van der Waals surface area contributed by atoms with E-state index in [2.05, 4.69) is 12.1 Å².